The van der Waals surface area contributed by atoms with Gasteiger partial charge in [-0.2, -0.15) is 0 Å². The smallest absolute Gasteiger partial charge is 0.00799 e. The normalized spacial score (nSPS) is 16.9. The fraction of sp³-hybridized carbons (Fsp3) is 0.556. The highest BCUT2D eigenvalue weighted by Gasteiger charge is 2.12. The molecule has 0 amide bonds. The summed E-state index contributed by atoms with van der Waals surface area (Å²) in [5, 5.41) is 2.30. The van der Waals surface area contributed by atoms with Gasteiger partial charge in [-0.15, -0.1) is 11.3 Å². The first kappa shape index (κ1) is 6.41. The van der Waals surface area contributed by atoms with Crippen LogP contribution < -0.4 is 0 Å². The van der Waals surface area contributed by atoms with Crippen molar-refractivity contribution in [3.63, 3.8) is 0 Å². The molecule has 0 radical (unpaired) electrons. The summed E-state index contributed by atoms with van der Waals surface area (Å²) in [5.41, 5.74) is 3.19. The third-order valence-corrected chi connectivity index (χ3v) is 3.48. The van der Waals surface area contributed by atoms with Gasteiger partial charge in [0.1, 0.15) is 0 Å². The first-order chi connectivity index (χ1) is 4.88. The van der Waals surface area contributed by atoms with E-state index in [4.69, 9.17) is 0 Å². The molecule has 0 unspecified atom stereocenters. The van der Waals surface area contributed by atoms with Crippen LogP contribution in [-0.4, -0.2) is 0 Å². The van der Waals surface area contributed by atoms with Crippen LogP contribution >= 0.6 is 11.3 Å². The van der Waals surface area contributed by atoms with Crippen LogP contribution in [0.15, 0.2) is 5.38 Å². The van der Waals surface area contributed by atoms with E-state index in [0.717, 1.165) is 0 Å². The van der Waals surface area contributed by atoms with E-state index in [2.05, 4.69) is 12.3 Å². The first-order valence-corrected chi connectivity index (χ1v) is 4.82. The van der Waals surface area contributed by atoms with Crippen molar-refractivity contribution in [3.8, 4) is 0 Å². The van der Waals surface area contributed by atoms with Crippen molar-refractivity contribution in [3.05, 3.63) is 21.4 Å². The quantitative estimate of drug-likeness (QED) is 0.536. The fourth-order valence-corrected chi connectivity index (χ4v) is 2.78. The van der Waals surface area contributed by atoms with Crippen LogP contribution in [0.1, 0.15) is 28.8 Å². The van der Waals surface area contributed by atoms with Crippen LogP contribution in [0.25, 0.3) is 0 Å². The van der Waals surface area contributed by atoms with Crippen LogP contribution in [0.4, 0.5) is 0 Å². The summed E-state index contributed by atoms with van der Waals surface area (Å²) in [6, 6.07) is 0. The summed E-state index contributed by atoms with van der Waals surface area (Å²) in [5.74, 6) is 0. The summed E-state index contributed by atoms with van der Waals surface area (Å²) in [7, 11) is 0. The molecule has 0 aliphatic heterocycles. The van der Waals surface area contributed by atoms with E-state index in [1.165, 1.54) is 31.2 Å². The number of aryl methyl sites for hydroxylation is 2. The van der Waals surface area contributed by atoms with Gasteiger partial charge in [0.15, 0.2) is 0 Å². The Labute approximate surface area is 65.9 Å². The SMILES string of the molecule is Cc1csc2c1CCCC2. The zero-order valence-corrected chi connectivity index (χ0v) is 7.13. The molecule has 54 valence electrons. The Balaban J connectivity index is 2.45. The highest BCUT2D eigenvalue weighted by Crippen LogP contribution is 2.29. The predicted octanol–water partition coefficient (Wildman–Crippen LogP) is 2.94. The van der Waals surface area contributed by atoms with Gasteiger partial charge in [0, 0.05) is 4.88 Å². The van der Waals surface area contributed by atoms with Gasteiger partial charge in [0.25, 0.3) is 0 Å². The third kappa shape index (κ3) is 0.891. The zero-order chi connectivity index (χ0) is 6.97. The largest absolute Gasteiger partial charge is 0.148 e. The highest BCUT2D eigenvalue weighted by atomic mass is 32.1. The van der Waals surface area contributed by atoms with Gasteiger partial charge in [0.05, 0.1) is 0 Å². The summed E-state index contributed by atoms with van der Waals surface area (Å²) < 4.78 is 0. The van der Waals surface area contributed by atoms with E-state index in [-0.39, 0.29) is 0 Å². The van der Waals surface area contributed by atoms with E-state index in [1.54, 1.807) is 10.4 Å². The second kappa shape index (κ2) is 2.39. The second-order valence-corrected chi connectivity index (χ2v) is 3.99. The van der Waals surface area contributed by atoms with Crippen LogP contribution in [0.2, 0.25) is 0 Å². The van der Waals surface area contributed by atoms with Crippen molar-refractivity contribution in [1.82, 2.24) is 0 Å². The molecule has 0 spiro atoms. The molecule has 0 aromatic carbocycles. The maximum absolute atomic E-state index is 2.30. The fourth-order valence-electron chi connectivity index (χ4n) is 1.66. The molecule has 0 N–H and O–H groups in total. The Morgan fingerprint density at radius 3 is 2.90 bits per heavy atom. The summed E-state index contributed by atoms with van der Waals surface area (Å²) in [6.07, 6.45) is 5.50. The van der Waals surface area contributed by atoms with Crippen molar-refractivity contribution in [2.45, 2.75) is 32.6 Å². The Morgan fingerprint density at radius 1 is 1.30 bits per heavy atom. The number of fused-ring (bicyclic) bond motifs is 1. The average molecular weight is 152 g/mol. The van der Waals surface area contributed by atoms with E-state index in [0.29, 0.717) is 0 Å². The van der Waals surface area contributed by atoms with Gasteiger partial charge in [-0.05, 0) is 49.1 Å². The molecule has 0 saturated carbocycles. The molecule has 1 aromatic heterocycles. The molecule has 0 fully saturated rings. The molecular weight excluding hydrogens is 140 g/mol. The zero-order valence-electron chi connectivity index (χ0n) is 6.31. The molecule has 1 heteroatoms. The predicted molar refractivity (Wildman–Crippen MR) is 45.7 cm³/mol. The lowest BCUT2D eigenvalue weighted by Gasteiger charge is -2.10. The highest BCUT2D eigenvalue weighted by molar-refractivity contribution is 7.10. The molecule has 0 nitrogen and oxygen atoms in total. The maximum Gasteiger partial charge on any atom is 0.00799 e. The number of hydrogen-bond donors (Lipinski definition) is 0. The molecule has 1 aromatic rings. The van der Waals surface area contributed by atoms with Gasteiger partial charge < -0.3 is 0 Å². The molecule has 0 saturated heterocycles. The average Bonchev–Trinajstić information content (AvgIpc) is 2.34. The Morgan fingerprint density at radius 2 is 2.10 bits per heavy atom. The topological polar surface area (TPSA) is 0 Å². The number of hydrogen-bond acceptors (Lipinski definition) is 1. The minimum atomic E-state index is 1.34. The molecular formula is C9H12S. The maximum atomic E-state index is 2.30. The van der Waals surface area contributed by atoms with Gasteiger partial charge in [-0.25, -0.2) is 0 Å². The minimum Gasteiger partial charge on any atom is -0.148 e. The lowest BCUT2D eigenvalue weighted by molar-refractivity contribution is 0.694. The molecule has 0 atom stereocenters. The first-order valence-electron chi connectivity index (χ1n) is 3.94. The number of thiophene rings is 1. The monoisotopic (exact) mass is 152 g/mol. The van der Waals surface area contributed by atoms with Crippen LogP contribution in [0.5, 0.6) is 0 Å². The lowest BCUT2D eigenvalue weighted by atomic mass is 9.97. The van der Waals surface area contributed by atoms with Crippen molar-refractivity contribution >= 4 is 11.3 Å². The van der Waals surface area contributed by atoms with E-state index >= 15 is 0 Å². The van der Waals surface area contributed by atoms with Gasteiger partial charge >= 0.3 is 0 Å². The Hall–Kier alpha value is -0.300. The molecule has 1 aliphatic rings. The van der Waals surface area contributed by atoms with Crippen molar-refractivity contribution in [2.75, 3.05) is 0 Å². The summed E-state index contributed by atoms with van der Waals surface area (Å²) in [6.45, 7) is 2.24. The van der Waals surface area contributed by atoms with Gasteiger partial charge in [-0.3, -0.25) is 0 Å². The van der Waals surface area contributed by atoms with E-state index in [1.807, 2.05) is 11.3 Å². The lowest BCUT2D eigenvalue weighted by Crippen LogP contribution is -1.98. The molecule has 1 heterocycles. The van der Waals surface area contributed by atoms with Gasteiger partial charge in [-0.1, -0.05) is 0 Å². The molecule has 1 aliphatic carbocycles. The summed E-state index contributed by atoms with van der Waals surface area (Å²) >= 11 is 1.95. The molecule has 2 rings (SSSR count). The van der Waals surface area contributed by atoms with Gasteiger partial charge in [0.2, 0.25) is 0 Å². The van der Waals surface area contributed by atoms with Crippen LogP contribution in [0.3, 0.4) is 0 Å². The van der Waals surface area contributed by atoms with Crippen LogP contribution in [-0.2, 0) is 12.8 Å². The van der Waals surface area contributed by atoms with Crippen molar-refractivity contribution in [1.29, 1.82) is 0 Å². The minimum absolute atomic E-state index is 1.34. The van der Waals surface area contributed by atoms with Crippen molar-refractivity contribution < 1.29 is 0 Å². The van der Waals surface area contributed by atoms with Crippen molar-refractivity contribution in [2.24, 2.45) is 0 Å². The summed E-state index contributed by atoms with van der Waals surface area (Å²) in [4.78, 5) is 1.66. The van der Waals surface area contributed by atoms with Crippen LogP contribution in [0, 0.1) is 6.92 Å². The standard InChI is InChI=1S/C9H12S/c1-7-6-10-9-5-3-2-4-8(7)9/h6H,2-5H2,1H3. The third-order valence-electron chi connectivity index (χ3n) is 2.27. The Kier molecular flexibility index (Phi) is 1.53. The second-order valence-electron chi connectivity index (χ2n) is 3.03. The number of rotatable bonds is 0. The molecule has 0 bridgehead atoms. The Bertz CT molecular complexity index is 235. The molecule has 10 heavy (non-hydrogen) atoms. The van der Waals surface area contributed by atoms with E-state index in [9.17, 15) is 0 Å². The van der Waals surface area contributed by atoms with E-state index < -0.39 is 0 Å².